The number of carbonyl (C=O) groups excluding carboxylic acids is 1. The quantitative estimate of drug-likeness (QED) is 0.733. The van der Waals surface area contributed by atoms with Gasteiger partial charge >= 0.3 is 0 Å². The first kappa shape index (κ1) is 18.6. The maximum Gasteiger partial charge on any atom is 0.165 e. The van der Waals surface area contributed by atoms with Gasteiger partial charge in [-0.05, 0) is 92.1 Å². The first-order chi connectivity index (χ1) is 13.3. The Morgan fingerprint density at radius 3 is 2.75 bits per heavy atom. The van der Waals surface area contributed by atoms with E-state index in [0.29, 0.717) is 29.0 Å². The highest BCUT2D eigenvalue weighted by Gasteiger charge is 2.61. The van der Waals surface area contributed by atoms with Gasteiger partial charge in [0, 0.05) is 24.2 Å². The van der Waals surface area contributed by atoms with Crippen molar-refractivity contribution in [1.82, 2.24) is 9.78 Å². The van der Waals surface area contributed by atoms with Gasteiger partial charge in [-0.1, -0.05) is 13.8 Å². The number of aliphatic hydroxyl groups is 1. The van der Waals surface area contributed by atoms with Crippen molar-refractivity contribution in [3.05, 3.63) is 23.5 Å². The lowest BCUT2D eigenvalue weighted by Gasteiger charge is -2.59. The molecule has 4 aliphatic carbocycles. The Labute approximate surface area is 168 Å². The Hall–Kier alpha value is -1.42. The van der Waals surface area contributed by atoms with Crippen LogP contribution in [-0.2, 0) is 11.8 Å². The molecule has 0 aromatic carbocycles. The van der Waals surface area contributed by atoms with Crippen molar-refractivity contribution in [2.45, 2.75) is 71.3 Å². The normalized spacial score (nSPS) is 46.9. The first-order valence-electron chi connectivity index (χ1n) is 11.2. The number of fused-ring (bicyclic) bond motifs is 5. The Balaban J connectivity index is 1.45. The molecule has 0 radical (unpaired) electrons. The van der Waals surface area contributed by atoms with Crippen molar-refractivity contribution in [3.8, 4) is 0 Å². The SMILES string of the molecule is Cn1cc(/C=C2\CC3C4CCC5CC(O)CCC5(C)C4CCC3(C)C2=O)cn1. The molecular weight excluding hydrogens is 348 g/mol. The van der Waals surface area contributed by atoms with Crippen molar-refractivity contribution in [2.75, 3.05) is 0 Å². The zero-order chi connectivity index (χ0) is 19.7. The molecule has 0 bridgehead atoms. The van der Waals surface area contributed by atoms with Gasteiger partial charge in [-0.15, -0.1) is 0 Å². The molecule has 1 heterocycles. The van der Waals surface area contributed by atoms with Crippen LogP contribution in [0.2, 0.25) is 0 Å². The summed E-state index contributed by atoms with van der Waals surface area (Å²) in [5.41, 5.74) is 2.25. The van der Waals surface area contributed by atoms with E-state index in [1.54, 1.807) is 4.68 Å². The third-order valence-electron chi connectivity index (χ3n) is 9.34. The Morgan fingerprint density at radius 2 is 2.00 bits per heavy atom. The van der Waals surface area contributed by atoms with Gasteiger partial charge in [0.1, 0.15) is 0 Å². The van der Waals surface area contributed by atoms with E-state index in [-0.39, 0.29) is 11.5 Å². The van der Waals surface area contributed by atoms with Crippen LogP contribution in [-0.4, -0.2) is 26.8 Å². The predicted octanol–water partition coefficient (Wildman–Crippen LogP) is 4.39. The molecule has 4 aliphatic rings. The van der Waals surface area contributed by atoms with E-state index in [1.807, 2.05) is 19.4 Å². The van der Waals surface area contributed by atoms with Crippen LogP contribution in [0.25, 0.3) is 6.08 Å². The zero-order valence-electron chi connectivity index (χ0n) is 17.5. The van der Waals surface area contributed by atoms with E-state index in [2.05, 4.69) is 25.0 Å². The number of aromatic nitrogens is 2. The van der Waals surface area contributed by atoms with E-state index in [1.165, 1.54) is 19.3 Å². The number of hydrogen-bond donors (Lipinski definition) is 1. The van der Waals surface area contributed by atoms with Gasteiger partial charge in [0.2, 0.25) is 0 Å². The van der Waals surface area contributed by atoms with Gasteiger partial charge in [0.05, 0.1) is 12.3 Å². The number of carbonyl (C=O) groups is 1. The van der Waals surface area contributed by atoms with Crippen LogP contribution in [0.1, 0.15) is 70.8 Å². The molecule has 4 nitrogen and oxygen atoms in total. The van der Waals surface area contributed by atoms with Crippen LogP contribution >= 0.6 is 0 Å². The summed E-state index contributed by atoms with van der Waals surface area (Å²) in [7, 11) is 1.92. The fraction of sp³-hybridized carbons (Fsp3) is 0.750. The van der Waals surface area contributed by atoms with Gasteiger partial charge in [0.15, 0.2) is 5.78 Å². The van der Waals surface area contributed by atoms with Gasteiger partial charge < -0.3 is 5.11 Å². The molecule has 1 aromatic rings. The van der Waals surface area contributed by atoms with E-state index in [0.717, 1.165) is 49.2 Å². The fourth-order valence-corrected chi connectivity index (χ4v) is 7.75. The van der Waals surface area contributed by atoms with Crippen LogP contribution in [0.15, 0.2) is 18.0 Å². The number of ketones is 1. The summed E-state index contributed by atoms with van der Waals surface area (Å²) in [6, 6.07) is 0. The lowest BCUT2D eigenvalue weighted by atomic mass is 9.45. The summed E-state index contributed by atoms with van der Waals surface area (Å²) in [4.78, 5) is 13.4. The minimum Gasteiger partial charge on any atom is -0.393 e. The lowest BCUT2D eigenvalue weighted by Crippen LogP contribution is -2.54. The maximum absolute atomic E-state index is 13.4. The summed E-state index contributed by atoms with van der Waals surface area (Å²) < 4.78 is 1.80. The highest BCUT2D eigenvalue weighted by Crippen LogP contribution is 2.66. The molecule has 7 atom stereocenters. The average Bonchev–Trinajstić information content (AvgIpc) is 3.18. The van der Waals surface area contributed by atoms with Gasteiger partial charge in [-0.3, -0.25) is 9.48 Å². The number of aliphatic hydroxyl groups excluding tert-OH is 1. The molecule has 0 amide bonds. The van der Waals surface area contributed by atoms with Gasteiger partial charge in [-0.25, -0.2) is 0 Å². The Bertz CT molecular complexity index is 826. The third-order valence-corrected chi connectivity index (χ3v) is 9.34. The van der Waals surface area contributed by atoms with Crippen molar-refractivity contribution in [3.63, 3.8) is 0 Å². The monoisotopic (exact) mass is 382 g/mol. The molecule has 28 heavy (non-hydrogen) atoms. The van der Waals surface area contributed by atoms with Crippen molar-refractivity contribution < 1.29 is 9.90 Å². The molecular formula is C24H34N2O2. The smallest absolute Gasteiger partial charge is 0.165 e. The number of allylic oxidation sites excluding steroid dienone is 1. The van der Waals surface area contributed by atoms with Crippen LogP contribution in [0.4, 0.5) is 0 Å². The first-order valence-corrected chi connectivity index (χ1v) is 11.2. The summed E-state index contributed by atoms with van der Waals surface area (Å²) >= 11 is 0. The molecule has 5 rings (SSSR count). The van der Waals surface area contributed by atoms with Crippen molar-refractivity contribution in [2.24, 2.45) is 41.5 Å². The highest BCUT2D eigenvalue weighted by molar-refractivity contribution is 6.05. The summed E-state index contributed by atoms with van der Waals surface area (Å²) in [5.74, 6) is 2.95. The average molecular weight is 383 g/mol. The highest BCUT2D eigenvalue weighted by atomic mass is 16.3. The van der Waals surface area contributed by atoms with E-state index >= 15 is 0 Å². The second-order valence-corrected chi connectivity index (χ2v) is 10.7. The second kappa shape index (κ2) is 6.29. The maximum atomic E-state index is 13.4. The summed E-state index contributed by atoms with van der Waals surface area (Å²) in [6.07, 6.45) is 14.6. The molecule has 1 N–H and O–H groups in total. The Morgan fingerprint density at radius 1 is 1.18 bits per heavy atom. The lowest BCUT2D eigenvalue weighted by molar-refractivity contribution is -0.141. The Kier molecular flexibility index (Phi) is 4.18. The number of Topliss-reactive ketones (excluding diaryl/α,β-unsaturated/α-hetero) is 1. The van der Waals surface area contributed by atoms with Gasteiger partial charge in [0.25, 0.3) is 0 Å². The topological polar surface area (TPSA) is 55.1 Å². The summed E-state index contributed by atoms with van der Waals surface area (Å²) in [6.45, 7) is 4.76. The van der Waals surface area contributed by atoms with Crippen LogP contribution < -0.4 is 0 Å². The molecule has 4 saturated carbocycles. The number of hydrogen-bond acceptors (Lipinski definition) is 3. The minimum absolute atomic E-state index is 0.0921. The molecule has 4 heteroatoms. The molecule has 4 fully saturated rings. The zero-order valence-corrected chi connectivity index (χ0v) is 17.5. The largest absolute Gasteiger partial charge is 0.393 e. The molecule has 152 valence electrons. The molecule has 0 spiro atoms. The molecule has 1 aromatic heterocycles. The number of rotatable bonds is 1. The number of aryl methyl sites for hydroxylation is 1. The standard InChI is InChI=1S/C24H34N2O2/c1-23-8-6-18(27)12-17(23)4-5-19-20(23)7-9-24(2)21(19)11-16(22(24)28)10-15-13-25-26(3)14-15/h10,13-14,17-21,27H,4-9,11-12H2,1-3H3/b16-10+. The molecule has 0 aliphatic heterocycles. The van der Waals surface area contributed by atoms with E-state index in [4.69, 9.17) is 0 Å². The van der Waals surface area contributed by atoms with E-state index in [9.17, 15) is 9.90 Å². The van der Waals surface area contributed by atoms with Crippen molar-refractivity contribution in [1.29, 1.82) is 0 Å². The third kappa shape index (κ3) is 2.59. The molecule has 0 saturated heterocycles. The number of nitrogens with zero attached hydrogens (tertiary/aromatic N) is 2. The second-order valence-electron chi connectivity index (χ2n) is 10.7. The van der Waals surface area contributed by atoms with Gasteiger partial charge in [-0.2, -0.15) is 5.10 Å². The van der Waals surface area contributed by atoms with Crippen molar-refractivity contribution >= 4 is 11.9 Å². The predicted molar refractivity (Wildman–Crippen MR) is 109 cm³/mol. The van der Waals surface area contributed by atoms with Crippen LogP contribution in [0, 0.1) is 34.5 Å². The van der Waals surface area contributed by atoms with Crippen LogP contribution in [0.5, 0.6) is 0 Å². The van der Waals surface area contributed by atoms with E-state index < -0.39 is 0 Å². The summed E-state index contributed by atoms with van der Waals surface area (Å²) in [5, 5.41) is 14.5. The van der Waals surface area contributed by atoms with Crippen LogP contribution in [0.3, 0.4) is 0 Å². The molecule has 7 unspecified atom stereocenters. The fourth-order valence-electron chi connectivity index (χ4n) is 7.75. The minimum atomic E-state index is -0.174.